The van der Waals surface area contributed by atoms with Crippen molar-refractivity contribution in [2.75, 3.05) is 18.9 Å². The van der Waals surface area contributed by atoms with E-state index in [-0.39, 0.29) is 18.4 Å². The Balaban J connectivity index is 1.79. The van der Waals surface area contributed by atoms with Crippen molar-refractivity contribution in [3.63, 3.8) is 0 Å². The summed E-state index contributed by atoms with van der Waals surface area (Å²) in [5.74, 6) is -0.424. The molecule has 27 heavy (non-hydrogen) atoms. The average Bonchev–Trinajstić information content (AvgIpc) is 2.63. The van der Waals surface area contributed by atoms with Gasteiger partial charge in [0.15, 0.2) is 0 Å². The topological polar surface area (TPSA) is 62.3 Å². The van der Waals surface area contributed by atoms with Crippen LogP contribution < -0.4 is 5.32 Å². The minimum absolute atomic E-state index is 0.0255. The number of nitrogens with one attached hydrogen (secondary N) is 1. The van der Waals surface area contributed by atoms with E-state index in [0.29, 0.717) is 5.56 Å². The van der Waals surface area contributed by atoms with Gasteiger partial charge in [0.1, 0.15) is 0 Å². The van der Waals surface area contributed by atoms with Crippen LogP contribution in [-0.2, 0) is 4.79 Å². The van der Waals surface area contributed by atoms with Gasteiger partial charge in [-0.1, -0.05) is 36.4 Å². The highest BCUT2D eigenvalue weighted by Gasteiger charge is 2.19. The van der Waals surface area contributed by atoms with Gasteiger partial charge in [-0.25, -0.2) is 0 Å². The summed E-state index contributed by atoms with van der Waals surface area (Å²) in [4.78, 5) is 31.3. The molecule has 5 nitrogen and oxygen atoms in total. The Labute approximate surface area is 159 Å². The molecule has 0 radical (unpaired) electrons. The molecule has 0 aliphatic carbocycles. The summed E-state index contributed by atoms with van der Waals surface area (Å²) in [6, 6.07) is 15.1. The number of aromatic nitrogens is 1. The number of para-hydroxylation sites is 2. The summed E-state index contributed by atoms with van der Waals surface area (Å²) in [5, 5.41) is 3.71. The number of hydrogen-bond acceptors (Lipinski definition) is 3. The van der Waals surface area contributed by atoms with Crippen LogP contribution in [0, 0.1) is 20.8 Å². The summed E-state index contributed by atoms with van der Waals surface area (Å²) in [5.41, 5.74) is 4.88. The van der Waals surface area contributed by atoms with Gasteiger partial charge in [0.05, 0.1) is 17.6 Å². The monoisotopic (exact) mass is 361 g/mol. The van der Waals surface area contributed by atoms with Gasteiger partial charge >= 0.3 is 0 Å². The normalized spacial score (nSPS) is 10.7. The minimum atomic E-state index is -0.224. The van der Waals surface area contributed by atoms with E-state index in [4.69, 9.17) is 0 Å². The van der Waals surface area contributed by atoms with Crippen LogP contribution in [0.4, 0.5) is 5.69 Å². The van der Waals surface area contributed by atoms with Crippen molar-refractivity contribution < 1.29 is 9.59 Å². The lowest BCUT2D eigenvalue weighted by Crippen LogP contribution is -2.35. The first-order chi connectivity index (χ1) is 12.9. The maximum atomic E-state index is 13.0. The Morgan fingerprint density at radius 3 is 2.37 bits per heavy atom. The Hall–Kier alpha value is -3.21. The SMILES string of the molecule is Cc1cc(C(=O)N(C)CC(=O)Nc2c(C)cccc2C)c2ccccc2n1. The predicted octanol–water partition coefficient (Wildman–Crippen LogP) is 3.87. The second-order valence-electron chi connectivity index (χ2n) is 6.80. The van der Waals surface area contributed by atoms with Gasteiger partial charge < -0.3 is 10.2 Å². The quantitative estimate of drug-likeness (QED) is 0.767. The Kier molecular flexibility index (Phi) is 5.21. The van der Waals surface area contributed by atoms with Gasteiger partial charge in [-0.3, -0.25) is 14.6 Å². The van der Waals surface area contributed by atoms with Crippen molar-refractivity contribution in [1.82, 2.24) is 9.88 Å². The number of hydrogen-bond donors (Lipinski definition) is 1. The molecule has 3 rings (SSSR count). The van der Waals surface area contributed by atoms with E-state index in [9.17, 15) is 9.59 Å². The lowest BCUT2D eigenvalue weighted by Gasteiger charge is -2.19. The minimum Gasteiger partial charge on any atom is -0.332 e. The van der Waals surface area contributed by atoms with Crippen molar-refractivity contribution >= 4 is 28.4 Å². The van der Waals surface area contributed by atoms with Crippen LogP contribution in [0.1, 0.15) is 27.2 Å². The molecule has 0 fully saturated rings. The third-order valence-electron chi connectivity index (χ3n) is 4.55. The number of likely N-dealkylation sites (N-methyl/N-ethyl adjacent to an activating group) is 1. The molecule has 1 aromatic heterocycles. The molecule has 1 N–H and O–H groups in total. The molecule has 2 aromatic carbocycles. The maximum absolute atomic E-state index is 13.0. The van der Waals surface area contributed by atoms with Crippen molar-refractivity contribution in [3.05, 3.63) is 70.9 Å². The zero-order valence-electron chi connectivity index (χ0n) is 16.0. The zero-order chi connectivity index (χ0) is 19.6. The highest BCUT2D eigenvalue weighted by atomic mass is 16.2. The van der Waals surface area contributed by atoms with Gasteiger partial charge in [0.25, 0.3) is 5.91 Å². The van der Waals surface area contributed by atoms with Crippen molar-refractivity contribution in [2.24, 2.45) is 0 Å². The number of carbonyl (C=O) groups is 2. The number of anilines is 1. The van der Waals surface area contributed by atoms with Crippen LogP contribution in [0.5, 0.6) is 0 Å². The first-order valence-electron chi connectivity index (χ1n) is 8.84. The molecule has 0 atom stereocenters. The van der Waals surface area contributed by atoms with Gasteiger partial charge in [-0.2, -0.15) is 0 Å². The molecule has 0 spiro atoms. The number of amides is 2. The van der Waals surface area contributed by atoms with Gasteiger partial charge in [-0.05, 0) is 44.0 Å². The summed E-state index contributed by atoms with van der Waals surface area (Å²) in [7, 11) is 1.64. The molecule has 0 saturated carbocycles. The van der Waals surface area contributed by atoms with E-state index < -0.39 is 0 Å². The summed E-state index contributed by atoms with van der Waals surface area (Å²) in [6.45, 7) is 5.73. The number of fused-ring (bicyclic) bond motifs is 1. The van der Waals surface area contributed by atoms with Crippen LogP contribution in [-0.4, -0.2) is 35.3 Å². The van der Waals surface area contributed by atoms with E-state index in [1.807, 2.05) is 63.2 Å². The van der Waals surface area contributed by atoms with Crippen molar-refractivity contribution in [2.45, 2.75) is 20.8 Å². The molecule has 138 valence electrons. The zero-order valence-corrected chi connectivity index (χ0v) is 16.0. The standard InChI is InChI=1S/C22H23N3O2/c1-14-8-7-9-15(2)21(14)24-20(26)13-25(4)22(27)18-12-16(3)23-19-11-6-5-10-17(18)19/h5-12H,13H2,1-4H3,(H,24,26). The first-order valence-corrected chi connectivity index (χ1v) is 8.84. The number of aryl methyl sites for hydroxylation is 3. The molecular formula is C22H23N3O2. The molecule has 0 saturated heterocycles. The highest BCUT2D eigenvalue weighted by Crippen LogP contribution is 2.21. The number of pyridine rings is 1. The second kappa shape index (κ2) is 7.58. The van der Waals surface area contributed by atoms with Crippen LogP contribution in [0.15, 0.2) is 48.5 Å². The fraction of sp³-hybridized carbons (Fsp3) is 0.227. The Morgan fingerprint density at radius 2 is 1.67 bits per heavy atom. The van der Waals surface area contributed by atoms with E-state index in [1.54, 1.807) is 13.1 Å². The largest absolute Gasteiger partial charge is 0.332 e. The van der Waals surface area contributed by atoms with Crippen LogP contribution in [0.25, 0.3) is 10.9 Å². The fourth-order valence-corrected chi connectivity index (χ4v) is 3.17. The predicted molar refractivity (Wildman–Crippen MR) is 108 cm³/mol. The lowest BCUT2D eigenvalue weighted by atomic mass is 10.1. The Bertz CT molecular complexity index is 1010. The smallest absolute Gasteiger partial charge is 0.254 e. The van der Waals surface area contributed by atoms with E-state index in [1.165, 1.54) is 4.90 Å². The molecule has 1 heterocycles. The summed E-state index contributed by atoms with van der Waals surface area (Å²) >= 11 is 0. The number of rotatable bonds is 4. The fourth-order valence-electron chi connectivity index (χ4n) is 3.17. The molecule has 0 aliphatic heterocycles. The van der Waals surface area contributed by atoms with E-state index >= 15 is 0 Å². The second-order valence-corrected chi connectivity index (χ2v) is 6.80. The number of benzene rings is 2. The van der Waals surface area contributed by atoms with Crippen LogP contribution >= 0.6 is 0 Å². The van der Waals surface area contributed by atoms with Crippen LogP contribution in [0.2, 0.25) is 0 Å². The number of nitrogens with zero attached hydrogens (tertiary/aromatic N) is 2. The molecule has 5 heteroatoms. The van der Waals surface area contributed by atoms with Crippen molar-refractivity contribution in [3.8, 4) is 0 Å². The van der Waals surface area contributed by atoms with Crippen LogP contribution in [0.3, 0.4) is 0 Å². The summed E-state index contributed by atoms with van der Waals surface area (Å²) in [6.07, 6.45) is 0. The van der Waals surface area contributed by atoms with Gasteiger partial charge in [0, 0.05) is 23.8 Å². The lowest BCUT2D eigenvalue weighted by molar-refractivity contribution is -0.116. The third-order valence-corrected chi connectivity index (χ3v) is 4.55. The molecule has 0 bridgehead atoms. The van der Waals surface area contributed by atoms with Gasteiger partial charge in [0.2, 0.25) is 5.91 Å². The molecule has 2 amide bonds. The molecule has 0 unspecified atom stereocenters. The van der Waals surface area contributed by atoms with Gasteiger partial charge in [-0.15, -0.1) is 0 Å². The first kappa shape index (κ1) is 18.6. The molecule has 0 aliphatic rings. The third kappa shape index (κ3) is 3.97. The maximum Gasteiger partial charge on any atom is 0.254 e. The Morgan fingerprint density at radius 1 is 1.00 bits per heavy atom. The van der Waals surface area contributed by atoms with E-state index in [0.717, 1.165) is 33.4 Å². The molecule has 3 aromatic rings. The van der Waals surface area contributed by atoms with Crippen molar-refractivity contribution in [1.29, 1.82) is 0 Å². The highest BCUT2D eigenvalue weighted by molar-refractivity contribution is 6.07. The van der Waals surface area contributed by atoms with E-state index in [2.05, 4.69) is 10.3 Å². The molecular weight excluding hydrogens is 338 g/mol. The summed E-state index contributed by atoms with van der Waals surface area (Å²) < 4.78 is 0. The average molecular weight is 361 g/mol. The number of carbonyl (C=O) groups excluding carboxylic acids is 2.